The van der Waals surface area contributed by atoms with Crippen molar-refractivity contribution < 1.29 is 13.5 Å². The summed E-state index contributed by atoms with van der Waals surface area (Å²) >= 11 is 0. The van der Waals surface area contributed by atoms with Crippen molar-refractivity contribution in [2.75, 3.05) is 37.5 Å². The number of methoxy groups -OCH3 is 1. The summed E-state index contributed by atoms with van der Waals surface area (Å²) in [7, 11) is 3.17. The Labute approximate surface area is 188 Å². The average molecular weight is 451 g/mol. The standard InChI is InChI=1S/C23H23F2N7O/c1-27-14-5-13(24)18(25)16-17-20(32-4-3-23(10-32)6-15(23)26)12(9-28-21(17)31-19(14)16)11-7-29-22(33-2)30-8-11/h5,7-9,15,27H,3-4,6,10,26H2,1-2H3,(H,28,31)/t15-,23?/m0/s1. The number of hydrogen-bond acceptors (Lipinski definition) is 7. The largest absolute Gasteiger partial charge is 0.467 e. The van der Waals surface area contributed by atoms with Crippen LogP contribution in [0.5, 0.6) is 6.01 Å². The molecule has 4 N–H and O–H groups in total. The smallest absolute Gasteiger partial charge is 0.316 e. The van der Waals surface area contributed by atoms with Gasteiger partial charge in [0.15, 0.2) is 11.6 Å². The molecule has 0 amide bonds. The summed E-state index contributed by atoms with van der Waals surface area (Å²) < 4.78 is 34.9. The molecule has 6 rings (SSSR count). The van der Waals surface area contributed by atoms with E-state index in [1.54, 1.807) is 25.6 Å². The first-order chi connectivity index (χ1) is 16.0. The summed E-state index contributed by atoms with van der Waals surface area (Å²) in [6, 6.07) is 1.57. The number of anilines is 2. The monoisotopic (exact) mass is 451 g/mol. The molecule has 1 saturated carbocycles. The summed E-state index contributed by atoms with van der Waals surface area (Å²) in [6.07, 6.45) is 6.95. The van der Waals surface area contributed by atoms with Crippen LogP contribution in [0.15, 0.2) is 24.7 Å². The minimum atomic E-state index is -0.918. The Morgan fingerprint density at radius 2 is 1.97 bits per heavy atom. The van der Waals surface area contributed by atoms with E-state index in [0.717, 1.165) is 43.2 Å². The van der Waals surface area contributed by atoms with Crippen molar-refractivity contribution in [1.29, 1.82) is 0 Å². The van der Waals surface area contributed by atoms with Gasteiger partial charge in [-0.3, -0.25) is 0 Å². The number of nitrogens with two attached hydrogens (primary N) is 1. The van der Waals surface area contributed by atoms with E-state index in [1.807, 2.05) is 0 Å². The summed E-state index contributed by atoms with van der Waals surface area (Å²) in [6.45, 7) is 1.51. The Kier molecular flexibility index (Phi) is 4.25. The second-order valence-electron chi connectivity index (χ2n) is 8.89. The lowest BCUT2D eigenvalue weighted by Gasteiger charge is -2.23. The van der Waals surface area contributed by atoms with Gasteiger partial charge in [0, 0.05) is 67.4 Å². The van der Waals surface area contributed by atoms with Crippen molar-refractivity contribution in [3.8, 4) is 17.1 Å². The number of pyridine rings is 1. The van der Waals surface area contributed by atoms with E-state index in [4.69, 9.17) is 10.5 Å². The van der Waals surface area contributed by atoms with E-state index in [0.29, 0.717) is 27.8 Å². The van der Waals surface area contributed by atoms with Crippen molar-refractivity contribution in [3.63, 3.8) is 0 Å². The molecule has 4 heterocycles. The van der Waals surface area contributed by atoms with Crippen LogP contribution in [0.3, 0.4) is 0 Å². The third-order valence-electron chi connectivity index (χ3n) is 7.11. The fourth-order valence-corrected chi connectivity index (χ4v) is 5.17. The van der Waals surface area contributed by atoms with Crippen LogP contribution in [0.4, 0.5) is 20.2 Å². The maximum Gasteiger partial charge on any atom is 0.316 e. The number of fused-ring (bicyclic) bond motifs is 3. The fraction of sp³-hybridized carbons (Fsp3) is 0.348. The molecule has 8 nitrogen and oxygen atoms in total. The highest BCUT2D eigenvalue weighted by Gasteiger charge is 2.55. The number of rotatable bonds is 4. The average Bonchev–Trinajstić information content (AvgIpc) is 3.16. The number of nitrogens with one attached hydrogen (secondary N) is 2. The molecule has 1 unspecified atom stereocenters. The summed E-state index contributed by atoms with van der Waals surface area (Å²) in [5.41, 5.74) is 9.98. The van der Waals surface area contributed by atoms with Crippen molar-refractivity contribution in [2.45, 2.75) is 18.9 Å². The predicted molar refractivity (Wildman–Crippen MR) is 122 cm³/mol. The Balaban J connectivity index is 1.66. The maximum atomic E-state index is 15.3. The second-order valence-corrected chi connectivity index (χ2v) is 8.89. The zero-order chi connectivity index (χ0) is 22.9. The lowest BCUT2D eigenvalue weighted by Crippen LogP contribution is -2.23. The van der Waals surface area contributed by atoms with E-state index in [1.165, 1.54) is 7.11 Å². The van der Waals surface area contributed by atoms with Crippen LogP contribution in [0, 0.1) is 17.0 Å². The Morgan fingerprint density at radius 1 is 1.21 bits per heavy atom. The van der Waals surface area contributed by atoms with Crippen molar-refractivity contribution in [2.24, 2.45) is 11.1 Å². The number of benzene rings is 1. The third kappa shape index (κ3) is 2.86. The van der Waals surface area contributed by atoms with Crippen molar-refractivity contribution in [1.82, 2.24) is 19.9 Å². The first-order valence-corrected chi connectivity index (χ1v) is 10.8. The molecular weight excluding hydrogens is 428 g/mol. The van der Waals surface area contributed by atoms with Crippen LogP contribution >= 0.6 is 0 Å². The molecule has 1 aliphatic carbocycles. The van der Waals surface area contributed by atoms with Crippen LogP contribution in [0.25, 0.3) is 33.1 Å². The molecule has 0 radical (unpaired) electrons. The molecule has 33 heavy (non-hydrogen) atoms. The van der Waals surface area contributed by atoms with E-state index in [-0.39, 0.29) is 22.9 Å². The van der Waals surface area contributed by atoms with Gasteiger partial charge in [0.2, 0.25) is 0 Å². The number of halogens is 2. The zero-order valence-corrected chi connectivity index (χ0v) is 18.2. The van der Waals surface area contributed by atoms with Crippen LogP contribution in [0.2, 0.25) is 0 Å². The van der Waals surface area contributed by atoms with E-state index in [2.05, 4.69) is 30.2 Å². The summed E-state index contributed by atoms with van der Waals surface area (Å²) in [4.78, 5) is 18.4. The molecule has 170 valence electrons. The van der Waals surface area contributed by atoms with Crippen LogP contribution in [-0.2, 0) is 0 Å². The van der Waals surface area contributed by atoms with Gasteiger partial charge in [-0.1, -0.05) is 0 Å². The lowest BCUT2D eigenvalue weighted by molar-refractivity contribution is 0.380. The number of hydrogen-bond donors (Lipinski definition) is 3. The first kappa shape index (κ1) is 20.1. The van der Waals surface area contributed by atoms with Gasteiger partial charge in [-0.2, -0.15) is 0 Å². The number of aromatic amines is 1. The number of ether oxygens (including phenoxy) is 1. The minimum absolute atomic E-state index is 0.0787. The van der Waals surface area contributed by atoms with E-state index < -0.39 is 11.6 Å². The lowest BCUT2D eigenvalue weighted by atomic mass is 10.0. The molecule has 2 aliphatic rings. The number of nitrogens with zero attached hydrogens (tertiary/aromatic N) is 4. The van der Waals surface area contributed by atoms with Gasteiger partial charge in [-0.15, -0.1) is 0 Å². The molecule has 2 fully saturated rings. The highest BCUT2D eigenvalue weighted by Crippen LogP contribution is 2.54. The normalized spacial score (nSPS) is 22.0. The SMILES string of the molecule is CNc1cc(F)c(F)c2c1[nH]c1ncc(-c3cnc(OC)nc3)c(N3CCC4(C[C@@H]4N)C3)c12. The minimum Gasteiger partial charge on any atom is -0.467 e. The zero-order valence-electron chi connectivity index (χ0n) is 18.2. The van der Waals surface area contributed by atoms with Gasteiger partial charge in [0.05, 0.1) is 34.8 Å². The van der Waals surface area contributed by atoms with Gasteiger partial charge >= 0.3 is 6.01 Å². The summed E-state index contributed by atoms with van der Waals surface area (Å²) in [5.74, 6) is -1.82. The molecule has 3 aromatic heterocycles. The predicted octanol–water partition coefficient (Wildman–Crippen LogP) is 3.43. The van der Waals surface area contributed by atoms with Crippen molar-refractivity contribution in [3.05, 3.63) is 36.3 Å². The highest BCUT2D eigenvalue weighted by atomic mass is 19.2. The summed E-state index contributed by atoms with van der Waals surface area (Å²) in [5, 5.41) is 3.66. The molecule has 1 spiro atoms. The molecule has 10 heteroatoms. The fourth-order valence-electron chi connectivity index (χ4n) is 5.17. The quantitative estimate of drug-likeness (QED) is 0.437. The highest BCUT2D eigenvalue weighted by molar-refractivity contribution is 6.18. The van der Waals surface area contributed by atoms with Gasteiger partial charge < -0.3 is 25.7 Å². The van der Waals surface area contributed by atoms with Crippen LogP contribution < -0.4 is 20.7 Å². The van der Waals surface area contributed by atoms with Gasteiger partial charge in [0.1, 0.15) is 5.65 Å². The first-order valence-electron chi connectivity index (χ1n) is 10.8. The number of H-pyrrole nitrogens is 1. The third-order valence-corrected chi connectivity index (χ3v) is 7.11. The van der Waals surface area contributed by atoms with Gasteiger partial charge in [0.25, 0.3) is 0 Å². The van der Waals surface area contributed by atoms with E-state index >= 15 is 4.39 Å². The maximum absolute atomic E-state index is 15.3. The molecule has 1 aromatic carbocycles. The van der Waals surface area contributed by atoms with Gasteiger partial charge in [-0.25, -0.2) is 23.7 Å². The molecular formula is C23H23F2N7O. The molecule has 1 aliphatic heterocycles. The van der Waals surface area contributed by atoms with Crippen molar-refractivity contribution >= 4 is 33.3 Å². The Morgan fingerprint density at radius 3 is 2.61 bits per heavy atom. The molecule has 4 aromatic rings. The number of aromatic nitrogens is 4. The molecule has 2 atom stereocenters. The van der Waals surface area contributed by atoms with Gasteiger partial charge in [-0.05, 0) is 12.8 Å². The molecule has 0 bridgehead atoms. The second kappa shape index (κ2) is 6.98. The Hall–Kier alpha value is -3.53. The van der Waals surface area contributed by atoms with Crippen LogP contribution in [0.1, 0.15) is 12.8 Å². The Bertz CT molecular complexity index is 1400. The van der Waals surface area contributed by atoms with E-state index in [9.17, 15) is 4.39 Å². The topological polar surface area (TPSA) is 105 Å². The molecule has 1 saturated heterocycles. The van der Waals surface area contributed by atoms with Crippen LogP contribution in [-0.4, -0.2) is 53.2 Å².